The van der Waals surface area contributed by atoms with E-state index in [-0.39, 0.29) is 13.1 Å². The number of thioether (sulfide) groups is 1. The van der Waals surface area contributed by atoms with E-state index in [1.165, 1.54) is 24.6 Å². The number of rotatable bonds is 8. The fourth-order valence-corrected chi connectivity index (χ4v) is 4.68. The Morgan fingerprint density at radius 2 is 1.91 bits per heavy atom. The van der Waals surface area contributed by atoms with Gasteiger partial charge < -0.3 is 10.2 Å². The molecule has 34 heavy (non-hydrogen) atoms. The number of aromatic nitrogens is 4. The van der Waals surface area contributed by atoms with Gasteiger partial charge in [0.15, 0.2) is 10.8 Å². The van der Waals surface area contributed by atoms with Crippen molar-refractivity contribution in [3.8, 4) is 0 Å². The van der Waals surface area contributed by atoms with E-state index in [2.05, 4.69) is 22.2 Å². The number of fused-ring (bicyclic) bond motifs is 1. The Bertz CT molecular complexity index is 1140. The number of piperidine rings is 1. The normalized spacial score (nSPS) is 14.5. The number of alkyl halides is 3. The lowest BCUT2D eigenvalue weighted by Gasteiger charge is -2.28. The first-order valence-corrected chi connectivity index (χ1v) is 12.4. The van der Waals surface area contributed by atoms with Crippen LogP contribution in [0.1, 0.15) is 48.5 Å². The molecule has 1 aromatic carbocycles. The van der Waals surface area contributed by atoms with Gasteiger partial charge in [0.2, 0.25) is 0 Å². The van der Waals surface area contributed by atoms with Crippen LogP contribution in [0.2, 0.25) is 0 Å². The number of halogens is 3. The van der Waals surface area contributed by atoms with Crippen LogP contribution in [0.15, 0.2) is 35.6 Å². The Morgan fingerprint density at radius 3 is 2.65 bits per heavy atom. The van der Waals surface area contributed by atoms with Crippen LogP contribution in [0.4, 0.5) is 19.0 Å². The first-order chi connectivity index (χ1) is 16.4. The van der Waals surface area contributed by atoms with Gasteiger partial charge in [-0.1, -0.05) is 30.8 Å². The molecule has 1 N–H and O–H groups in total. The van der Waals surface area contributed by atoms with Crippen LogP contribution in [0.5, 0.6) is 0 Å². The molecule has 1 amide bonds. The number of carbonyl (C=O) groups excluding carboxylic acids is 1. The molecule has 4 rings (SSSR count). The van der Waals surface area contributed by atoms with Crippen molar-refractivity contribution >= 4 is 34.5 Å². The molecule has 0 atom stereocenters. The summed E-state index contributed by atoms with van der Waals surface area (Å²) in [5.74, 6) is 0.998. The van der Waals surface area contributed by atoms with Gasteiger partial charge in [-0.25, -0.2) is 14.6 Å². The van der Waals surface area contributed by atoms with Crippen molar-refractivity contribution in [3.63, 3.8) is 0 Å². The minimum absolute atomic E-state index is 0.113. The fourth-order valence-electron chi connectivity index (χ4n) is 3.99. The van der Waals surface area contributed by atoms with Crippen LogP contribution in [0.3, 0.4) is 0 Å². The van der Waals surface area contributed by atoms with Crippen LogP contribution >= 0.6 is 11.8 Å². The molecule has 0 saturated carbocycles. The molecule has 0 unspecified atom stereocenters. The summed E-state index contributed by atoms with van der Waals surface area (Å²) in [5, 5.41) is 8.55. The lowest BCUT2D eigenvalue weighted by molar-refractivity contribution is -0.137. The molecule has 182 valence electrons. The lowest BCUT2D eigenvalue weighted by atomic mass is 10.1. The van der Waals surface area contributed by atoms with Crippen molar-refractivity contribution < 1.29 is 18.0 Å². The maximum atomic E-state index is 13.2. The number of benzene rings is 1. The molecule has 11 heteroatoms. The summed E-state index contributed by atoms with van der Waals surface area (Å²) in [7, 11) is 0. The Labute approximate surface area is 200 Å². The minimum Gasteiger partial charge on any atom is -0.356 e. The van der Waals surface area contributed by atoms with E-state index in [0.29, 0.717) is 10.8 Å². The van der Waals surface area contributed by atoms with Crippen LogP contribution in [-0.2, 0) is 12.7 Å². The number of anilines is 1. The van der Waals surface area contributed by atoms with Gasteiger partial charge in [-0.15, -0.1) is 0 Å². The van der Waals surface area contributed by atoms with E-state index in [0.717, 1.165) is 55.4 Å². The standard InChI is InChI=1S/C23H27F3N6OS/c1-2-14-34-22-29-19(31-11-6-3-7-12-31)17-15-28-32(20(17)30-22)13-10-27-21(33)16-8-4-5-9-18(16)23(24,25)26/h4-5,8-9,15H,2-3,6-7,10-14H2,1H3,(H,27,33). The highest BCUT2D eigenvalue weighted by Gasteiger charge is 2.34. The number of amides is 1. The van der Waals surface area contributed by atoms with E-state index in [1.54, 1.807) is 22.6 Å². The second-order valence-electron chi connectivity index (χ2n) is 8.13. The molecule has 1 saturated heterocycles. The number of nitrogens with one attached hydrogen (secondary N) is 1. The van der Waals surface area contributed by atoms with Crippen molar-refractivity contribution in [3.05, 3.63) is 41.6 Å². The number of hydrogen-bond acceptors (Lipinski definition) is 6. The van der Waals surface area contributed by atoms with E-state index in [4.69, 9.17) is 9.97 Å². The molecule has 0 bridgehead atoms. The average Bonchev–Trinajstić information content (AvgIpc) is 3.25. The fraction of sp³-hybridized carbons (Fsp3) is 0.478. The van der Waals surface area contributed by atoms with Crippen molar-refractivity contribution in [1.82, 2.24) is 25.1 Å². The van der Waals surface area contributed by atoms with Gasteiger partial charge in [0.05, 0.1) is 29.3 Å². The molecular weight excluding hydrogens is 465 g/mol. The zero-order valence-corrected chi connectivity index (χ0v) is 19.8. The van der Waals surface area contributed by atoms with Gasteiger partial charge >= 0.3 is 6.18 Å². The van der Waals surface area contributed by atoms with E-state index < -0.39 is 23.2 Å². The zero-order valence-electron chi connectivity index (χ0n) is 18.9. The van der Waals surface area contributed by atoms with Gasteiger partial charge in [0.1, 0.15) is 5.82 Å². The number of hydrogen-bond donors (Lipinski definition) is 1. The summed E-state index contributed by atoms with van der Waals surface area (Å²) in [5.41, 5.74) is -0.680. The minimum atomic E-state index is -4.60. The Hall–Kier alpha value is -2.82. The van der Waals surface area contributed by atoms with Crippen LogP contribution in [0.25, 0.3) is 11.0 Å². The monoisotopic (exact) mass is 492 g/mol. The topological polar surface area (TPSA) is 75.9 Å². The zero-order chi connectivity index (χ0) is 24.1. The summed E-state index contributed by atoms with van der Waals surface area (Å²) in [6.07, 6.45) is 1.56. The van der Waals surface area contributed by atoms with Crippen LogP contribution < -0.4 is 10.2 Å². The van der Waals surface area contributed by atoms with E-state index in [1.807, 2.05) is 0 Å². The summed E-state index contributed by atoms with van der Waals surface area (Å²) < 4.78 is 41.4. The van der Waals surface area contributed by atoms with Crippen LogP contribution in [-0.4, -0.2) is 51.0 Å². The van der Waals surface area contributed by atoms with E-state index in [9.17, 15) is 18.0 Å². The second-order valence-corrected chi connectivity index (χ2v) is 9.19. The molecule has 1 fully saturated rings. The summed E-state index contributed by atoms with van der Waals surface area (Å²) in [4.78, 5) is 24.2. The highest BCUT2D eigenvalue weighted by atomic mass is 32.2. The highest BCUT2D eigenvalue weighted by molar-refractivity contribution is 7.99. The third-order valence-electron chi connectivity index (χ3n) is 5.63. The maximum Gasteiger partial charge on any atom is 0.417 e. The molecule has 1 aliphatic heterocycles. The third-order valence-corrected chi connectivity index (χ3v) is 6.69. The van der Waals surface area contributed by atoms with Crippen molar-refractivity contribution in [2.45, 2.75) is 50.5 Å². The summed E-state index contributed by atoms with van der Waals surface area (Å²) in [6, 6.07) is 4.77. The van der Waals surface area contributed by atoms with Crippen molar-refractivity contribution in [2.24, 2.45) is 0 Å². The van der Waals surface area contributed by atoms with E-state index >= 15 is 0 Å². The van der Waals surface area contributed by atoms with Gasteiger partial charge in [-0.05, 0) is 37.8 Å². The molecule has 1 aliphatic rings. The second kappa shape index (κ2) is 10.6. The van der Waals surface area contributed by atoms with Gasteiger partial charge in [0.25, 0.3) is 5.91 Å². The number of carbonyl (C=O) groups is 1. The molecule has 0 aliphatic carbocycles. The third kappa shape index (κ3) is 5.45. The molecule has 0 radical (unpaired) electrons. The quantitative estimate of drug-likeness (QED) is 0.361. The first kappa shape index (κ1) is 24.3. The largest absolute Gasteiger partial charge is 0.417 e. The van der Waals surface area contributed by atoms with Crippen molar-refractivity contribution in [2.75, 3.05) is 30.3 Å². The molecule has 3 heterocycles. The molecule has 2 aromatic heterocycles. The molecule has 0 spiro atoms. The summed E-state index contributed by atoms with van der Waals surface area (Å²) in [6.45, 7) is 4.36. The maximum absolute atomic E-state index is 13.2. The highest BCUT2D eigenvalue weighted by Crippen LogP contribution is 2.32. The van der Waals surface area contributed by atoms with Crippen LogP contribution in [0, 0.1) is 0 Å². The average molecular weight is 493 g/mol. The molecule has 3 aromatic rings. The Balaban J connectivity index is 1.53. The number of nitrogens with zero attached hydrogens (tertiary/aromatic N) is 5. The Kier molecular flexibility index (Phi) is 7.60. The predicted octanol–water partition coefficient (Wildman–Crippen LogP) is 4.77. The van der Waals surface area contributed by atoms with Gasteiger partial charge in [-0.3, -0.25) is 4.79 Å². The SMILES string of the molecule is CCCSc1nc(N2CCCCC2)c2cnn(CCNC(=O)c3ccccc3C(F)(F)F)c2n1. The first-order valence-electron chi connectivity index (χ1n) is 11.4. The lowest BCUT2D eigenvalue weighted by Crippen LogP contribution is -2.30. The molecular formula is C23H27F3N6OS. The Morgan fingerprint density at radius 1 is 1.15 bits per heavy atom. The molecule has 7 nitrogen and oxygen atoms in total. The smallest absolute Gasteiger partial charge is 0.356 e. The van der Waals surface area contributed by atoms with Gasteiger partial charge in [-0.2, -0.15) is 18.3 Å². The summed E-state index contributed by atoms with van der Waals surface area (Å²) >= 11 is 1.59. The predicted molar refractivity (Wildman–Crippen MR) is 126 cm³/mol. The van der Waals surface area contributed by atoms with Gasteiger partial charge in [0, 0.05) is 25.4 Å². The van der Waals surface area contributed by atoms with Crippen molar-refractivity contribution in [1.29, 1.82) is 0 Å².